The van der Waals surface area contributed by atoms with E-state index >= 15 is 0 Å². The van der Waals surface area contributed by atoms with E-state index in [1.165, 1.54) is 0 Å². The van der Waals surface area contributed by atoms with E-state index in [2.05, 4.69) is 17.1 Å². The smallest absolute Gasteiger partial charge is 0.349 e. The normalized spacial score (nSPS) is 14.3. The fraction of sp³-hybridized carbons (Fsp3) is 0.111. The molecule has 0 heterocycles. The molecule has 0 bridgehead atoms. The molecule has 4 heteroatoms. The predicted octanol–water partition coefficient (Wildman–Crippen LogP) is 3.96. The van der Waals surface area contributed by atoms with Crippen LogP contribution in [0.3, 0.4) is 0 Å². The molecular weight excluding hydrogens is 296 g/mol. The summed E-state index contributed by atoms with van der Waals surface area (Å²) in [5, 5.41) is 0. The van der Waals surface area contributed by atoms with Crippen LogP contribution in [0.5, 0.6) is 0 Å². The summed E-state index contributed by atoms with van der Waals surface area (Å²) >= 11 is 3.51. The minimum Gasteiger partial charge on any atom is -0.391 e. The summed E-state index contributed by atoms with van der Waals surface area (Å²) in [4.78, 5) is 23.7. The van der Waals surface area contributed by atoms with Crippen LogP contribution in [0.25, 0.3) is 11.1 Å². The summed E-state index contributed by atoms with van der Waals surface area (Å²) in [6.07, 6.45) is 1.25. The van der Waals surface area contributed by atoms with Crippen LogP contribution in [0.2, 0.25) is 0 Å². The number of allylic oxidation sites excluding steroid dienone is 2. The topological polar surface area (TPSA) is 43.4 Å². The molecule has 110 valence electrons. The van der Waals surface area contributed by atoms with E-state index in [4.69, 9.17) is 0 Å². The quantitative estimate of drug-likeness (QED) is 0.689. The molecule has 0 aromatic heterocycles. The number of hydrogen-bond acceptors (Lipinski definition) is 4. The second kappa shape index (κ2) is 6.20. The molecular formula is C18H14O3S. The Morgan fingerprint density at radius 3 is 2.23 bits per heavy atom. The molecule has 0 fully saturated rings. The van der Waals surface area contributed by atoms with Crippen molar-refractivity contribution in [1.82, 2.24) is 0 Å². The number of Topliss-reactive ketones (excluding diaryl/α,β-unsaturated/α-hetero) is 1. The Balaban J connectivity index is 2.03. The van der Waals surface area contributed by atoms with Gasteiger partial charge in [-0.3, -0.25) is 4.79 Å². The third-order valence-electron chi connectivity index (χ3n) is 3.80. The predicted molar refractivity (Wildman–Crippen MR) is 88.3 cm³/mol. The van der Waals surface area contributed by atoms with Gasteiger partial charge in [0.15, 0.2) is 5.78 Å². The standard InChI is InChI=1S/C18H14O3S/c19-16-11-10-15(17(16)13-4-2-1-3-5-13)12-6-8-14(9-7-12)18(20)21-22/h1-9,22H,10-11H2. The zero-order valence-corrected chi connectivity index (χ0v) is 12.7. The lowest BCUT2D eigenvalue weighted by Crippen LogP contribution is -1.98. The van der Waals surface area contributed by atoms with Crippen molar-refractivity contribution in [1.29, 1.82) is 0 Å². The van der Waals surface area contributed by atoms with Crippen LogP contribution in [0.4, 0.5) is 0 Å². The molecule has 3 nitrogen and oxygen atoms in total. The third-order valence-corrected chi connectivity index (χ3v) is 3.96. The SMILES string of the molecule is O=C1CCC(c2ccc(C(=O)OS)cc2)=C1c1ccccc1. The van der Waals surface area contributed by atoms with Crippen molar-refractivity contribution in [3.8, 4) is 0 Å². The van der Waals surface area contributed by atoms with Gasteiger partial charge in [-0.25, -0.2) is 4.79 Å². The van der Waals surface area contributed by atoms with Gasteiger partial charge in [0.1, 0.15) is 0 Å². The lowest BCUT2D eigenvalue weighted by molar-refractivity contribution is -0.113. The third kappa shape index (κ3) is 2.70. The maximum atomic E-state index is 12.2. The Hall–Kier alpha value is -2.33. The lowest BCUT2D eigenvalue weighted by Gasteiger charge is -2.08. The second-order valence-corrected chi connectivity index (χ2v) is 5.28. The first-order chi connectivity index (χ1) is 10.7. The van der Waals surface area contributed by atoms with Crippen molar-refractivity contribution in [2.45, 2.75) is 12.8 Å². The van der Waals surface area contributed by atoms with Crippen LogP contribution in [0, 0.1) is 0 Å². The van der Waals surface area contributed by atoms with E-state index < -0.39 is 5.97 Å². The van der Waals surface area contributed by atoms with Gasteiger partial charge in [0.05, 0.1) is 5.56 Å². The Morgan fingerprint density at radius 2 is 1.59 bits per heavy atom. The Morgan fingerprint density at radius 1 is 0.909 bits per heavy atom. The highest BCUT2D eigenvalue weighted by molar-refractivity contribution is 7.75. The number of carbonyl (C=O) groups excluding carboxylic acids is 2. The first-order valence-corrected chi connectivity index (χ1v) is 7.35. The van der Waals surface area contributed by atoms with Crippen LogP contribution in [-0.2, 0) is 8.98 Å². The molecule has 22 heavy (non-hydrogen) atoms. The Kier molecular flexibility index (Phi) is 4.11. The zero-order chi connectivity index (χ0) is 15.5. The number of ketones is 1. The van der Waals surface area contributed by atoms with Gasteiger partial charge < -0.3 is 4.18 Å². The molecule has 0 unspecified atom stereocenters. The maximum absolute atomic E-state index is 12.2. The molecule has 0 saturated heterocycles. The van der Waals surface area contributed by atoms with Gasteiger partial charge >= 0.3 is 5.97 Å². The van der Waals surface area contributed by atoms with Gasteiger partial charge in [-0.2, -0.15) is 0 Å². The largest absolute Gasteiger partial charge is 0.391 e. The summed E-state index contributed by atoms with van der Waals surface area (Å²) in [5.74, 6) is -0.324. The average Bonchev–Trinajstić information content (AvgIpc) is 2.96. The molecule has 2 aromatic carbocycles. The number of hydrogen-bond donors (Lipinski definition) is 1. The van der Waals surface area contributed by atoms with E-state index in [1.54, 1.807) is 12.1 Å². The molecule has 0 radical (unpaired) electrons. The molecule has 1 aliphatic rings. The van der Waals surface area contributed by atoms with Gasteiger partial charge in [-0.1, -0.05) is 42.5 Å². The molecule has 0 atom stereocenters. The molecule has 0 saturated carbocycles. The summed E-state index contributed by atoms with van der Waals surface area (Å²) in [6.45, 7) is 0. The fourth-order valence-electron chi connectivity index (χ4n) is 2.75. The minimum atomic E-state index is -0.491. The highest BCUT2D eigenvalue weighted by Crippen LogP contribution is 2.37. The number of benzene rings is 2. The molecule has 0 spiro atoms. The highest BCUT2D eigenvalue weighted by atomic mass is 32.1. The van der Waals surface area contributed by atoms with Crippen LogP contribution in [0.1, 0.15) is 34.3 Å². The molecule has 0 aliphatic heterocycles. The van der Waals surface area contributed by atoms with Gasteiger partial charge in [0.25, 0.3) is 0 Å². The van der Waals surface area contributed by atoms with Crippen molar-refractivity contribution < 1.29 is 13.8 Å². The summed E-state index contributed by atoms with van der Waals surface area (Å²) in [7, 11) is 0. The lowest BCUT2D eigenvalue weighted by atomic mass is 9.96. The van der Waals surface area contributed by atoms with Crippen LogP contribution < -0.4 is 0 Å². The van der Waals surface area contributed by atoms with Crippen LogP contribution >= 0.6 is 12.9 Å². The molecule has 0 amide bonds. The first kappa shape index (κ1) is 14.6. The number of carbonyl (C=O) groups is 2. The van der Waals surface area contributed by atoms with Crippen LogP contribution in [-0.4, -0.2) is 11.8 Å². The van der Waals surface area contributed by atoms with E-state index in [0.29, 0.717) is 12.0 Å². The Bertz CT molecular complexity index is 746. The molecule has 2 aromatic rings. The maximum Gasteiger partial charge on any atom is 0.349 e. The van der Waals surface area contributed by atoms with Crippen molar-refractivity contribution in [2.75, 3.05) is 0 Å². The minimum absolute atomic E-state index is 0.167. The van der Waals surface area contributed by atoms with Gasteiger partial charge in [-0.15, -0.1) is 0 Å². The summed E-state index contributed by atoms with van der Waals surface area (Å²) in [5.41, 5.74) is 4.15. The van der Waals surface area contributed by atoms with Gasteiger partial charge in [0.2, 0.25) is 0 Å². The fourth-order valence-corrected chi connectivity index (χ4v) is 2.85. The summed E-state index contributed by atoms with van der Waals surface area (Å²) < 4.78 is 4.40. The van der Waals surface area contributed by atoms with Crippen molar-refractivity contribution in [3.63, 3.8) is 0 Å². The van der Waals surface area contributed by atoms with E-state index in [0.717, 1.165) is 28.7 Å². The molecule has 3 rings (SSSR count). The van der Waals surface area contributed by atoms with Gasteiger partial charge in [0, 0.05) is 24.9 Å². The monoisotopic (exact) mass is 310 g/mol. The van der Waals surface area contributed by atoms with Crippen molar-refractivity contribution >= 4 is 35.8 Å². The number of thiol groups is 1. The Labute approximate surface area is 134 Å². The first-order valence-electron chi connectivity index (χ1n) is 6.98. The number of rotatable bonds is 3. The van der Waals surface area contributed by atoms with Crippen molar-refractivity contribution in [2.24, 2.45) is 0 Å². The average molecular weight is 310 g/mol. The highest BCUT2D eigenvalue weighted by Gasteiger charge is 2.25. The second-order valence-electron chi connectivity index (χ2n) is 5.10. The molecule has 0 N–H and O–H groups in total. The van der Waals surface area contributed by atoms with Crippen molar-refractivity contribution in [3.05, 3.63) is 71.3 Å². The molecule has 1 aliphatic carbocycles. The van der Waals surface area contributed by atoms with E-state index in [1.807, 2.05) is 42.5 Å². The van der Waals surface area contributed by atoms with E-state index in [-0.39, 0.29) is 5.78 Å². The van der Waals surface area contributed by atoms with E-state index in [9.17, 15) is 9.59 Å². The van der Waals surface area contributed by atoms with Gasteiger partial charge in [-0.05, 0) is 35.3 Å². The summed E-state index contributed by atoms with van der Waals surface area (Å²) in [6, 6.07) is 16.7. The van der Waals surface area contributed by atoms with Crippen LogP contribution in [0.15, 0.2) is 54.6 Å². The zero-order valence-electron chi connectivity index (χ0n) is 11.8.